The van der Waals surface area contributed by atoms with Gasteiger partial charge in [0.05, 0.1) is 10.9 Å². The maximum Gasteiger partial charge on any atom is 0.243 e. The molecule has 4 nitrogen and oxygen atoms in total. The van der Waals surface area contributed by atoms with Gasteiger partial charge in [-0.15, -0.1) is 0 Å². The largest absolute Gasteiger partial charge is 0.295 e. The van der Waals surface area contributed by atoms with E-state index in [1.165, 1.54) is 11.2 Å². The fourth-order valence-electron chi connectivity index (χ4n) is 3.05. The molecule has 0 amide bonds. The molecular weight excluding hydrogens is 370 g/mol. The number of aryl methyl sites for hydroxylation is 1. The summed E-state index contributed by atoms with van der Waals surface area (Å²) >= 11 is 5.96. The van der Waals surface area contributed by atoms with Crippen molar-refractivity contribution in [1.29, 1.82) is 0 Å². The number of carbonyl (C=O) groups is 1. The van der Waals surface area contributed by atoms with Crippen LogP contribution in [0.2, 0.25) is 5.02 Å². The Morgan fingerprint density at radius 3 is 2.27 bits per heavy atom. The molecule has 6 heteroatoms. The number of rotatable bonds is 4. The SMILES string of the molecule is CC(=O)C1=CC[C@@H](c2ccc(Cl)cc2)N(S(=O)(=O)c2ccc(C)cc2)C1. The van der Waals surface area contributed by atoms with Crippen LogP contribution in [-0.4, -0.2) is 25.1 Å². The predicted molar refractivity (Wildman–Crippen MR) is 103 cm³/mol. The van der Waals surface area contributed by atoms with Crippen molar-refractivity contribution in [2.75, 3.05) is 6.54 Å². The lowest BCUT2D eigenvalue weighted by molar-refractivity contribution is -0.113. The van der Waals surface area contributed by atoms with Gasteiger partial charge in [-0.1, -0.05) is 47.5 Å². The van der Waals surface area contributed by atoms with E-state index in [0.29, 0.717) is 17.0 Å². The minimum absolute atomic E-state index is 0.0683. The van der Waals surface area contributed by atoms with Crippen LogP contribution in [0.3, 0.4) is 0 Å². The molecule has 0 unspecified atom stereocenters. The van der Waals surface area contributed by atoms with Gasteiger partial charge >= 0.3 is 0 Å². The molecule has 1 heterocycles. The number of hydrogen-bond acceptors (Lipinski definition) is 3. The number of sulfonamides is 1. The molecule has 0 aliphatic carbocycles. The molecule has 0 bridgehead atoms. The first-order chi connectivity index (χ1) is 12.3. The topological polar surface area (TPSA) is 54.5 Å². The van der Waals surface area contributed by atoms with Crippen molar-refractivity contribution < 1.29 is 13.2 Å². The van der Waals surface area contributed by atoms with Crippen LogP contribution in [0.1, 0.15) is 30.5 Å². The highest BCUT2D eigenvalue weighted by molar-refractivity contribution is 7.89. The Balaban J connectivity index is 2.06. The van der Waals surface area contributed by atoms with Gasteiger partial charge in [-0.2, -0.15) is 4.31 Å². The fraction of sp³-hybridized carbons (Fsp3) is 0.250. The molecule has 3 rings (SSSR count). The zero-order valence-corrected chi connectivity index (χ0v) is 16.2. The van der Waals surface area contributed by atoms with Crippen molar-refractivity contribution in [2.45, 2.75) is 31.2 Å². The van der Waals surface area contributed by atoms with E-state index in [1.54, 1.807) is 36.4 Å². The summed E-state index contributed by atoms with van der Waals surface area (Å²) in [6, 6.07) is 13.5. The van der Waals surface area contributed by atoms with Crippen LogP contribution in [-0.2, 0) is 14.8 Å². The van der Waals surface area contributed by atoms with Crippen LogP contribution in [0.15, 0.2) is 65.1 Å². The first-order valence-electron chi connectivity index (χ1n) is 8.33. The molecule has 0 radical (unpaired) electrons. The Kier molecular flexibility index (Phi) is 5.32. The molecule has 0 saturated heterocycles. The molecule has 2 aromatic carbocycles. The Bertz CT molecular complexity index is 948. The molecule has 1 aliphatic heterocycles. The summed E-state index contributed by atoms with van der Waals surface area (Å²) in [7, 11) is -3.75. The fourth-order valence-corrected chi connectivity index (χ4v) is 4.78. The monoisotopic (exact) mass is 389 g/mol. The normalized spacial score (nSPS) is 18.4. The Morgan fingerprint density at radius 2 is 1.69 bits per heavy atom. The van der Waals surface area contributed by atoms with Crippen molar-refractivity contribution in [3.05, 3.63) is 76.3 Å². The van der Waals surface area contributed by atoms with Gasteiger partial charge in [0, 0.05) is 17.1 Å². The highest BCUT2D eigenvalue weighted by atomic mass is 35.5. The average molecular weight is 390 g/mol. The third-order valence-electron chi connectivity index (χ3n) is 4.60. The summed E-state index contributed by atoms with van der Waals surface area (Å²) in [4.78, 5) is 12.1. The molecule has 2 aromatic rings. The quantitative estimate of drug-likeness (QED) is 0.783. The first-order valence-corrected chi connectivity index (χ1v) is 10.1. The zero-order chi connectivity index (χ0) is 18.9. The number of carbonyl (C=O) groups excluding carboxylic acids is 1. The van der Waals surface area contributed by atoms with Crippen molar-refractivity contribution >= 4 is 27.4 Å². The number of hydrogen-bond donors (Lipinski definition) is 0. The van der Waals surface area contributed by atoms with Crippen LogP contribution in [0, 0.1) is 6.92 Å². The van der Waals surface area contributed by atoms with Crippen molar-refractivity contribution in [3.8, 4) is 0 Å². The van der Waals surface area contributed by atoms with E-state index in [1.807, 2.05) is 25.1 Å². The Morgan fingerprint density at radius 1 is 1.08 bits per heavy atom. The summed E-state index contributed by atoms with van der Waals surface area (Å²) in [5.41, 5.74) is 2.36. The molecule has 1 aliphatic rings. The van der Waals surface area contributed by atoms with Crippen LogP contribution in [0.5, 0.6) is 0 Å². The number of benzene rings is 2. The third kappa shape index (κ3) is 3.75. The van der Waals surface area contributed by atoms with Crippen molar-refractivity contribution in [3.63, 3.8) is 0 Å². The second-order valence-corrected chi connectivity index (χ2v) is 8.78. The minimum atomic E-state index is -3.75. The molecule has 0 fully saturated rings. The summed E-state index contributed by atoms with van der Waals surface area (Å²) in [5.74, 6) is -0.108. The molecule has 0 aromatic heterocycles. The van der Waals surface area contributed by atoms with Crippen LogP contribution >= 0.6 is 11.6 Å². The molecule has 0 N–H and O–H groups in total. The predicted octanol–water partition coefficient (Wildman–Crippen LogP) is 4.30. The van der Waals surface area contributed by atoms with E-state index in [4.69, 9.17) is 11.6 Å². The lowest BCUT2D eigenvalue weighted by Crippen LogP contribution is -2.39. The van der Waals surface area contributed by atoms with E-state index in [9.17, 15) is 13.2 Å². The van der Waals surface area contributed by atoms with Crippen LogP contribution in [0.4, 0.5) is 0 Å². The van der Waals surface area contributed by atoms with Gasteiger partial charge in [0.25, 0.3) is 0 Å². The van der Waals surface area contributed by atoms with Gasteiger partial charge in [-0.25, -0.2) is 8.42 Å². The van der Waals surface area contributed by atoms with Gasteiger partial charge < -0.3 is 0 Å². The molecule has 0 saturated carbocycles. The summed E-state index contributed by atoms with van der Waals surface area (Å²) in [5, 5.41) is 0.595. The molecular formula is C20H20ClNO3S. The van der Waals surface area contributed by atoms with E-state index in [2.05, 4.69) is 0 Å². The summed E-state index contributed by atoms with van der Waals surface area (Å²) in [6.45, 7) is 3.44. The van der Waals surface area contributed by atoms with Crippen molar-refractivity contribution in [1.82, 2.24) is 4.31 Å². The lowest BCUT2D eigenvalue weighted by Gasteiger charge is -2.34. The zero-order valence-electron chi connectivity index (χ0n) is 14.6. The maximum atomic E-state index is 13.3. The molecule has 1 atom stereocenters. The standard InChI is InChI=1S/C20H20ClNO3S/c1-14-3-10-19(11-4-14)26(24,25)22-13-17(15(2)23)7-12-20(22)16-5-8-18(21)9-6-16/h3-11,20H,12-13H2,1-2H3/t20-/m0/s1. The Hall–Kier alpha value is -1.95. The van der Waals surface area contributed by atoms with E-state index >= 15 is 0 Å². The van der Waals surface area contributed by atoms with Gasteiger partial charge in [0.2, 0.25) is 10.0 Å². The van der Waals surface area contributed by atoms with E-state index in [-0.39, 0.29) is 23.3 Å². The highest BCUT2D eigenvalue weighted by Gasteiger charge is 2.35. The molecule has 26 heavy (non-hydrogen) atoms. The van der Waals surface area contributed by atoms with Gasteiger partial charge in [-0.3, -0.25) is 4.79 Å². The van der Waals surface area contributed by atoms with E-state index < -0.39 is 10.0 Å². The summed E-state index contributed by atoms with van der Waals surface area (Å²) in [6.07, 6.45) is 2.28. The van der Waals surface area contributed by atoms with E-state index in [0.717, 1.165) is 11.1 Å². The van der Waals surface area contributed by atoms with Crippen LogP contribution in [0.25, 0.3) is 0 Å². The van der Waals surface area contributed by atoms with Gasteiger partial charge in [-0.05, 0) is 50.1 Å². The lowest BCUT2D eigenvalue weighted by atomic mass is 9.97. The summed E-state index contributed by atoms with van der Waals surface area (Å²) < 4.78 is 28.0. The number of halogens is 1. The minimum Gasteiger partial charge on any atom is -0.295 e. The third-order valence-corrected chi connectivity index (χ3v) is 6.72. The average Bonchev–Trinajstić information content (AvgIpc) is 2.62. The molecule has 136 valence electrons. The second-order valence-electron chi connectivity index (χ2n) is 6.45. The number of ketones is 1. The van der Waals surface area contributed by atoms with Crippen molar-refractivity contribution in [2.24, 2.45) is 0 Å². The first kappa shape index (κ1) is 18.8. The van der Waals surface area contributed by atoms with Gasteiger partial charge in [0.1, 0.15) is 0 Å². The Labute approximate surface area is 159 Å². The van der Waals surface area contributed by atoms with Gasteiger partial charge in [0.15, 0.2) is 5.78 Å². The maximum absolute atomic E-state index is 13.3. The smallest absolute Gasteiger partial charge is 0.243 e. The second kappa shape index (κ2) is 7.35. The number of Topliss-reactive ketones (excluding diaryl/α,β-unsaturated/α-hetero) is 1. The highest BCUT2D eigenvalue weighted by Crippen LogP contribution is 2.35. The number of nitrogens with zero attached hydrogens (tertiary/aromatic N) is 1. The molecule has 0 spiro atoms. The van der Waals surface area contributed by atoms with Crippen LogP contribution < -0.4 is 0 Å².